The van der Waals surface area contributed by atoms with Crippen molar-refractivity contribution >= 4 is 23.4 Å². The molecule has 1 saturated heterocycles. The van der Waals surface area contributed by atoms with E-state index in [1.165, 1.54) is 25.0 Å². The van der Waals surface area contributed by atoms with E-state index in [9.17, 15) is 9.59 Å². The van der Waals surface area contributed by atoms with Crippen LogP contribution < -0.4 is 0 Å². The average molecular weight is 268 g/mol. The predicted molar refractivity (Wildman–Crippen MR) is 67.9 cm³/mol. The fourth-order valence-corrected chi connectivity index (χ4v) is 2.36. The molecule has 18 heavy (non-hydrogen) atoms. The highest BCUT2D eigenvalue weighted by Crippen LogP contribution is 2.21. The molecule has 0 atom stereocenters. The molecule has 0 radical (unpaired) electrons. The third-order valence-electron chi connectivity index (χ3n) is 3.10. The Morgan fingerprint density at radius 3 is 2.50 bits per heavy atom. The summed E-state index contributed by atoms with van der Waals surface area (Å²) in [6, 6.07) is 4.69. The Balaban J connectivity index is 2.14. The highest BCUT2D eigenvalue weighted by Gasteiger charge is 2.17. The Kier molecular flexibility index (Phi) is 3.99. The zero-order valence-corrected chi connectivity index (χ0v) is 10.6. The molecule has 0 amide bonds. The van der Waals surface area contributed by atoms with Gasteiger partial charge in [0.1, 0.15) is 0 Å². The number of carboxylic acids is 1. The lowest BCUT2D eigenvalue weighted by Crippen LogP contribution is -2.19. The molecule has 0 spiro atoms. The maximum Gasteiger partial charge on any atom is 0.377 e. The summed E-state index contributed by atoms with van der Waals surface area (Å²) in [5.74, 6) is -2.39. The van der Waals surface area contributed by atoms with Crippen LogP contribution in [0.15, 0.2) is 18.2 Å². The van der Waals surface area contributed by atoms with Crippen molar-refractivity contribution in [3.8, 4) is 0 Å². The molecule has 1 aliphatic heterocycles. The first kappa shape index (κ1) is 13.1. The van der Waals surface area contributed by atoms with Gasteiger partial charge in [-0.25, -0.2) is 4.79 Å². The molecule has 1 aromatic carbocycles. The Morgan fingerprint density at radius 1 is 1.28 bits per heavy atom. The van der Waals surface area contributed by atoms with E-state index in [0.717, 1.165) is 25.2 Å². The van der Waals surface area contributed by atoms with Crippen LogP contribution in [-0.4, -0.2) is 34.8 Å². The number of nitrogens with zero attached hydrogens (tertiary/aromatic N) is 1. The van der Waals surface area contributed by atoms with Gasteiger partial charge < -0.3 is 5.11 Å². The van der Waals surface area contributed by atoms with Crippen LogP contribution >= 0.6 is 11.6 Å². The minimum absolute atomic E-state index is 0.123. The van der Waals surface area contributed by atoms with Gasteiger partial charge in [-0.05, 0) is 37.6 Å². The van der Waals surface area contributed by atoms with Crippen molar-refractivity contribution in [1.29, 1.82) is 0 Å². The predicted octanol–water partition coefficient (Wildman–Crippen LogP) is 2.20. The zero-order valence-electron chi connectivity index (χ0n) is 9.86. The van der Waals surface area contributed by atoms with Crippen LogP contribution in [0, 0.1) is 0 Å². The van der Waals surface area contributed by atoms with Crippen LogP contribution in [0.25, 0.3) is 0 Å². The molecule has 1 heterocycles. The van der Waals surface area contributed by atoms with E-state index in [-0.39, 0.29) is 5.56 Å². The Hall–Kier alpha value is -1.39. The van der Waals surface area contributed by atoms with E-state index in [4.69, 9.17) is 16.7 Å². The molecule has 5 heteroatoms. The highest BCUT2D eigenvalue weighted by atomic mass is 35.5. The Bertz CT molecular complexity index is 481. The molecule has 1 N–H and O–H groups in total. The normalized spacial score (nSPS) is 15.8. The number of rotatable bonds is 4. The summed E-state index contributed by atoms with van der Waals surface area (Å²) < 4.78 is 0. The van der Waals surface area contributed by atoms with Crippen molar-refractivity contribution in [1.82, 2.24) is 4.90 Å². The number of benzene rings is 1. The third-order valence-corrected chi connectivity index (χ3v) is 3.45. The SMILES string of the molecule is O=C(O)C(=O)c1ccc(CN2CCCC2)c(Cl)c1. The van der Waals surface area contributed by atoms with Crippen molar-refractivity contribution in [2.75, 3.05) is 13.1 Å². The van der Waals surface area contributed by atoms with E-state index in [1.54, 1.807) is 6.07 Å². The van der Waals surface area contributed by atoms with E-state index in [0.29, 0.717) is 5.02 Å². The first-order valence-electron chi connectivity index (χ1n) is 5.86. The van der Waals surface area contributed by atoms with Crippen LogP contribution in [0.5, 0.6) is 0 Å². The molecule has 0 saturated carbocycles. The number of ketones is 1. The molecule has 96 valence electrons. The minimum Gasteiger partial charge on any atom is -0.475 e. The van der Waals surface area contributed by atoms with E-state index < -0.39 is 11.8 Å². The molecule has 0 unspecified atom stereocenters. The Labute approximate surface area is 110 Å². The second-order valence-electron chi connectivity index (χ2n) is 4.42. The van der Waals surface area contributed by atoms with Crippen molar-refractivity contribution in [3.63, 3.8) is 0 Å². The molecule has 0 aromatic heterocycles. The van der Waals surface area contributed by atoms with E-state index >= 15 is 0 Å². The summed E-state index contributed by atoms with van der Waals surface area (Å²) in [4.78, 5) is 24.1. The fourth-order valence-electron chi connectivity index (χ4n) is 2.12. The van der Waals surface area contributed by atoms with Gasteiger partial charge in [0.15, 0.2) is 0 Å². The third kappa shape index (κ3) is 2.89. The quantitative estimate of drug-likeness (QED) is 0.671. The van der Waals surface area contributed by atoms with Crippen molar-refractivity contribution < 1.29 is 14.7 Å². The fraction of sp³-hybridized carbons (Fsp3) is 0.385. The van der Waals surface area contributed by atoms with Gasteiger partial charge in [0.25, 0.3) is 5.78 Å². The molecule has 1 aromatic rings. The largest absolute Gasteiger partial charge is 0.475 e. The standard InChI is InChI=1S/C13H14ClNO3/c14-11-7-9(12(16)13(17)18)3-4-10(11)8-15-5-1-2-6-15/h3-4,7H,1-2,5-6,8H2,(H,17,18). The number of likely N-dealkylation sites (tertiary alicyclic amines) is 1. The average Bonchev–Trinajstić information content (AvgIpc) is 2.83. The van der Waals surface area contributed by atoms with Gasteiger partial charge in [0.2, 0.25) is 0 Å². The number of Topliss-reactive ketones (excluding diaryl/α,β-unsaturated/α-hetero) is 1. The van der Waals surface area contributed by atoms with Crippen molar-refractivity contribution in [3.05, 3.63) is 34.3 Å². The zero-order chi connectivity index (χ0) is 13.1. The molecule has 1 fully saturated rings. The smallest absolute Gasteiger partial charge is 0.377 e. The van der Waals surface area contributed by atoms with Gasteiger partial charge in [-0.2, -0.15) is 0 Å². The molecular weight excluding hydrogens is 254 g/mol. The van der Waals surface area contributed by atoms with Gasteiger partial charge in [0.05, 0.1) is 0 Å². The number of carbonyl (C=O) groups excluding carboxylic acids is 1. The van der Waals surface area contributed by atoms with Gasteiger partial charge in [-0.15, -0.1) is 0 Å². The number of halogens is 1. The summed E-state index contributed by atoms with van der Waals surface area (Å²) in [7, 11) is 0. The van der Waals surface area contributed by atoms with Crippen molar-refractivity contribution in [2.24, 2.45) is 0 Å². The van der Waals surface area contributed by atoms with Gasteiger partial charge in [-0.1, -0.05) is 23.7 Å². The number of carboxylic acid groups (broad SMARTS) is 1. The molecule has 0 aliphatic carbocycles. The van der Waals surface area contributed by atoms with Gasteiger partial charge in [0, 0.05) is 17.1 Å². The molecule has 2 rings (SSSR count). The minimum atomic E-state index is -1.46. The maximum atomic E-state index is 11.3. The number of aliphatic carboxylic acids is 1. The van der Waals surface area contributed by atoms with Crippen LogP contribution in [-0.2, 0) is 11.3 Å². The number of hydrogen-bond acceptors (Lipinski definition) is 3. The summed E-state index contributed by atoms with van der Waals surface area (Å²) in [5, 5.41) is 9.08. The van der Waals surface area contributed by atoms with Crippen LogP contribution in [0.4, 0.5) is 0 Å². The van der Waals surface area contributed by atoms with Gasteiger partial charge >= 0.3 is 5.97 Å². The van der Waals surface area contributed by atoms with Crippen LogP contribution in [0.3, 0.4) is 0 Å². The summed E-state index contributed by atoms with van der Waals surface area (Å²) >= 11 is 6.08. The summed E-state index contributed by atoms with van der Waals surface area (Å²) in [5.41, 5.74) is 1.05. The van der Waals surface area contributed by atoms with Crippen LogP contribution in [0.1, 0.15) is 28.8 Å². The molecule has 0 bridgehead atoms. The maximum absolute atomic E-state index is 11.3. The number of hydrogen-bond donors (Lipinski definition) is 1. The van der Waals surface area contributed by atoms with E-state index in [1.807, 2.05) is 0 Å². The monoisotopic (exact) mass is 267 g/mol. The topological polar surface area (TPSA) is 57.6 Å². The highest BCUT2D eigenvalue weighted by molar-refractivity contribution is 6.40. The lowest BCUT2D eigenvalue weighted by molar-refractivity contribution is -0.131. The second kappa shape index (κ2) is 5.50. The van der Waals surface area contributed by atoms with E-state index in [2.05, 4.69) is 4.90 Å². The summed E-state index contributed by atoms with van der Waals surface area (Å²) in [6.45, 7) is 2.87. The van der Waals surface area contributed by atoms with Crippen molar-refractivity contribution in [2.45, 2.75) is 19.4 Å². The second-order valence-corrected chi connectivity index (χ2v) is 4.83. The van der Waals surface area contributed by atoms with Gasteiger partial charge in [-0.3, -0.25) is 9.69 Å². The Morgan fingerprint density at radius 2 is 1.94 bits per heavy atom. The molecule has 4 nitrogen and oxygen atoms in total. The van der Waals surface area contributed by atoms with Crippen LogP contribution in [0.2, 0.25) is 5.02 Å². The number of carbonyl (C=O) groups is 2. The lowest BCUT2D eigenvalue weighted by Gasteiger charge is -2.15. The lowest BCUT2D eigenvalue weighted by atomic mass is 10.1. The molecular formula is C13H14ClNO3. The first-order chi connectivity index (χ1) is 8.58. The first-order valence-corrected chi connectivity index (χ1v) is 6.24. The summed E-state index contributed by atoms with van der Waals surface area (Å²) in [6.07, 6.45) is 2.40. The molecule has 1 aliphatic rings.